The SMILES string of the molecule is C[CH2][Zn][O]c1ccccc1N. The van der Waals surface area contributed by atoms with E-state index in [2.05, 4.69) is 6.92 Å². The molecule has 1 rings (SSSR count). The molecule has 0 atom stereocenters. The van der Waals surface area contributed by atoms with Gasteiger partial charge in [-0.05, 0) is 0 Å². The second-order valence-corrected chi connectivity index (χ2v) is 5.95. The number of nitrogens with two attached hydrogens (primary N) is 1. The van der Waals surface area contributed by atoms with Gasteiger partial charge in [-0.25, -0.2) is 0 Å². The number of benzene rings is 1. The van der Waals surface area contributed by atoms with Crippen molar-refractivity contribution in [2.75, 3.05) is 5.73 Å². The molecule has 0 aromatic heterocycles. The Kier molecular flexibility index (Phi) is 3.38. The molecule has 0 fully saturated rings. The van der Waals surface area contributed by atoms with Gasteiger partial charge in [0.1, 0.15) is 0 Å². The molecule has 0 heterocycles. The van der Waals surface area contributed by atoms with Crippen LogP contribution in [0.1, 0.15) is 6.92 Å². The first-order valence-electron chi connectivity index (χ1n) is 3.82. The molecule has 56 valence electrons. The third-order valence-corrected chi connectivity index (χ3v) is 3.32. The van der Waals surface area contributed by atoms with Crippen molar-refractivity contribution in [2.24, 2.45) is 0 Å². The van der Waals surface area contributed by atoms with Crippen LogP contribution in [0.4, 0.5) is 5.69 Å². The van der Waals surface area contributed by atoms with Crippen molar-refractivity contribution in [3.63, 3.8) is 0 Å². The Morgan fingerprint density at radius 3 is 2.82 bits per heavy atom. The van der Waals surface area contributed by atoms with Crippen LogP contribution in [0, 0.1) is 0 Å². The average molecular weight is 203 g/mol. The fraction of sp³-hybridized carbons (Fsp3) is 0.250. The van der Waals surface area contributed by atoms with E-state index in [-0.39, 0.29) is 0 Å². The molecule has 0 aliphatic rings. The fourth-order valence-electron chi connectivity index (χ4n) is 0.824. The topological polar surface area (TPSA) is 35.2 Å². The molecule has 0 aliphatic carbocycles. The number of para-hydroxylation sites is 2. The second-order valence-electron chi connectivity index (χ2n) is 2.39. The zero-order valence-electron chi connectivity index (χ0n) is 6.71. The van der Waals surface area contributed by atoms with E-state index in [1.807, 2.05) is 24.3 Å². The summed E-state index contributed by atoms with van der Waals surface area (Å²) in [4.78, 5) is 0. The van der Waals surface area contributed by atoms with Gasteiger partial charge in [0.25, 0.3) is 0 Å². The van der Waals surface area contributed by atoms with Crippen LogP contribution >= 0.6 is 0 Å². The van der Waals surface area contributed by atoms with E-state index < -0.39 is 17.5 Å². The predicted molar refractivity (Wildman–Crippen MR) is 42.0 cm³/mol. The van der Waals surface area contributed by atoms with Crippen molar-refractivity contribution in [2.45, 2.75) is 11.9 Å². The molecule has 0 saturated heterocycles. The molecule has 0 amide bonds. The van der Waals surface area contributed by atoms with E-state index in [0.717, 1.165) is 11.4 Å². The number of anilines is 1. The third-order valence-electron chi connectivity index (χ3n) is 1.38. The normalized spacial score (nSPS) is 8.82. The van der Waals surface area contributed by atoms with Gasteiger partial charge in [-0.3, -0.25) is 0 Å². The van der Waals surface area contributed by atoms with Crippen LogP contribution in [0.15, 0.2) is 24.3 Å². The maximum atomic E-state index is 5.67. The van der Waals surface area contributed by atoms with Gasteiger partial charge in [-0.1, -0.05) is 0 Å². The molecule has 2 nitrogen and oxygen atoms in total. The minimum absolute atomic E-state index is 0.756. The molecule has 2 N–H and O–H groups in total. The number of rotatable bonds is 3. The van der Waals surface area contributed by atoms with Gasteiger partial charge in [0.2, 0.25) is 0 Å². The Hall–Kier alpha value is -0.557. The van der Waals surface area contributed by atoms with Gasteiger partial charge < -0.3 is 0 Å². The number of nitrogen functional groups attached to an aromatic ring is 1. The number of hydrogen-bond acceptors (Lipinski definition) is 2. The molecule has 0 radical (unpaired) electrons. The summed E-state index contributed by atoms with van der Waals surface area (Å²) in [6.45, 7) is 2.15. The third kappa shape index (κ3) is 2.51. The van der Waals surface area contributed by atoms with E-state index in [9.17, 15) is 0 Å². The molecule has 1 aromatic carbocycles. The first-order chi connectivity index (χ1) is 5.34. The van der Waals surface area contributed by atoms with Gasteiger partial charge in [-0.2, -0.15) is 0 Å². The van der Waals surface area contributed by atoms with Gasteiger partial charge in [-0.15, -0.1) is 0 Å². The monoisotopic (exact) mass is 201 g/mol. The second kappa shape index (κ2) is 4.35. The van der Waals surface area contributed by atoms with Crippen molar-refractivity contribution in [1.82, 2.24) is 0 Å². The van der Waals surface area contributed by atoms with E-state index in [4.69, 9.17) is 9.30 Å². The molecule has 0 saturated carbocycles. The van der Waals surface area contributed by atoms with Gasteiger partial charge in [0.05, 0.1) is 0 Å². The summed E-state index contributed by atoms with van der Waals surface area (Å²) in [6, 6.07) is 7.66. The number of hydrogen-bond donors (Lipinski definition) is 1. The van der Waals surface area contributed by atoms with Crippen LogP contribution in [0.3, 0.4) is 0 Å². The molecule has 0 aliphatic heterocycles. The molecular formula is C8H11NOZn. The molecule has 0 spiro atoms. The molecule has 1 aromatic rings. The Morgan fingerprint density at radius 1 is 1.45 bits per heavy atom. The Balaban J connectivity index is 2.62. The Labute approximate surface area is 74.7 Å². The van der Waals surface area contributed by atoms with E-state index in [1.165, 1.54) is 5.02 Å². The summed E-state index contributed by atoms with van der Waals surface area (Å²) in [5.41, 5.74) is 6.42. The molecule has 0 unspecified atom stereocenters. The Bertz CT molecular complexity index is 227. The van der Waals surface area contributed by atoms with E-state index in [0.29, 0.717) is 0 Å². The van der Waals surface area contributed by atoms with Crippen LogP contribution in [0.2, 0.25) is 5.02 Å². The summed E-state index contributed by atoms with van der Waals surface area (Å²) >= 11 is -0.766. The van der Waals surface area contributed by atoms with Crippen molar-refractivity contribution in [3.05, 3.63) is 24.3 Å². The van der Waals surface area contributed by atoms with Crippen LogP contribution in [0.5, 0.6) is 5.75 Å². The Morgan fingerprint density at radius 2 is 2.18 bits per heavy atom. The molecule has 0 bridgehead atoms. The van der Waals surface area contributed by atoms with Crippen LogP contribution < -0.4 is 9.30 Å². The summed E-state index contributed by atoms with van der Waals surface area (Å²) in [5, 5.41) is 1.20. The quantitative estimate of drug-likeness (QED) is 0.602. The van der Waals surface area contributed by atoms with Crippen molar-refractivity contribution in [1.29, 1.82) is 0 Å². The van der Waals surface area contributed by atoms with Gasteiger partial charge in [0.15, 0.2) is 0 Å². The molecule has 3 heteroatoms. The minimum atomic E-state index is -0.766. The summed E-state index contributed by atoms with van der Waals surface area (Å²) in [7, 11) is 0. The molecular weight excluding hydrogens is 191 g/mol. The molecule has 11 heavy (non-hydrogen) atoms. The fourth-order valence-corrected chi connectivity index (χ4v) is 2.27. The summed E-state index contributed by atoms with van der Waals surface area (Å²) < 4.78 is 5.55. The standard InChI is InChI=1S/C6H7NO.C2H5.Zn/c7-5-3-1-2-4-6(5)8;1-2;/h1-4,8H,7H2;1H2,2H3;/q;;+1/p-1. The first kappa shape index (κ1) is 8.54. The first-order valence-corrected chi connectivity index (χ1v) is 7.13. The van der Waals surface area contributed by atoms with Gasteiger partial charge in [0, 0.05) is 0 Å². The summed E-state index contributed by atoms with van der Waals surface area (Å²) in [5.74, 6) is 0.870. The van der Waals surface area contributed by atoms with E-state index in [1.54, 1.807) is 0 Å². The van der Waals surface area contributed by atoms with Crippen molar-refractivity contribution >= 4 is 5.69 Å². The summed E-state index contributed by atoms with van der Waals surface area (Å²) in [6.07, 6.45) is 0. The van der Waals surface area contributed by atoms with Gasteiger partial charge >= 0.3 is 74.4 Å². The predicted octanol–water partition coefficient (Wildman–Crippen LogP) is 2.08. The zero-order valence-corrected chi connectivity index (χ0v) is 9.68. The van der Waals surface area contributed by atoms with Crippen molar-refractivity contribution < 1.29 is 21.1 Å². The van der Waals surface area contributed by atoms with Crippen molar-refractivity contribution in [3.8, 4) is 5.75 Å². The zero-order chi connectivity index (χ0) is 8.10. The van der Waals surface area contributed by atoms with Crippen LogP contribution in [-0.2, 0) is 17.5 Å². The van der Waals surface area contributed by atoms with Crippen LogP contribution in [-0.4, -0.2) is 0 Å². The van der Waals surface area contributed by atoms with E-state index >= 15 is 0 Å². The average Bonchev–Trinajstić information content (AvgIpc) is 2.03. The maximum absolute atomic E-state index is 5.67. The van der Waals surface area contributed by atoms with Crippen LogP contribution in [0.25, 0.3) is 0 Å².